The number of furan rings is 1. The topological polar surface area (TPSA) is 79.5 Å². The normalized spacial score (nSPS) is 17.9. The van der Waals surface area contributed by atoms with Crippen LogP contribution in [0.1, 0.15) is 36.0 Å². The highest BCUT2D eigenvalue weighted by Gasteiger charge is 2.41. The number of carboxylic acids is 1. The Kier molecular flexibility index (Phi) is 3.17. The van der Waals surface area contributed by atoms with E-state index in [9.17, 15) is 14.7 Å². The van der Waals surface area contributed by atoms with Crippen LogP contribution in [0.2, 0.25) is 0 Å². The van der Waals surface area contributed by atoms with Gasteiger partial charge in [-0.25, -0.2) is 0 Å². The summed E-state index contributed by atoms with van der Waals surface area (Å²) >= 11 is 0. The van der Waals surface area contributed by atoms with Crippen molar-refractivity contribution in [2.75, 3.05) is 6.54 Å². The van der Waals surface area contributed by atoms with Gasteiger partial charge in [0, 0.05) is 6.54 Å². The van der Waals surface area contributed by atoms with Gasteiger partial charge in [-0.1, -0.05) is 12.8 Å². The number of hydrogen-bond donors (Lipinski definition) is 2. The van der Waals surface area contributed by atoms with Gasteiger partial charge in [-0.15, -0.1) is 0 Å². The first-order valence-electron chi connectivity index (χ1n) is 5.68. The largest absolute Gasteiger partial charge is 0.481 e. The Hall–Kier alpha value is -1.78. The molecule has 1 aromatic rings. The molecule has 2 N–H and O–H groups in total. The van der Waals surface area contributed by atoms with E-state index in [1.54, 1.807) is 6.07 Å². The van der Waals surface area contributed by atoms with Gasteiger partial charge in [-0.2, -0.15) is 0 Å². The van der Waals surface area contributed by atoms with Gasteiger partial charge in [0.2, 0.25) is 0 Å². The monoisotopic (exact) mass is 237 g/mol. The Labute approximate surface area is 98.8 Å². The van der Waals surface area contributed by atoms with Crippen LogP contribution in [0.15, 0.2) is 23.0 Å². The van der Waals surface area contributed by atoms with Crippen molar-refractivity contribution >= 4 is 11.9 Å². The molecule has 5 heteroatoms. The molecule has 0 aromatic carbocycles. The second-order valence-electron chi connectivity index (χ2n) is 4.49. The molecule has 0 unspecified atom stereocenters. The van der Waals surface area contributed by atoms with E-state index >= 15 is 0 Å². The van der Waals surface area contributed by atoms with Crippen molar-refractivity contribution < 1.29 is 19.1 Å². The van der Waals surface area contributed by atoms with Gasteiger partial charge in [-0.3, -0.25) is 9.59 Å². The number of nitrogens with one attached hydrogen (secondary N) is 1. The Bertz CT molecular complexity index is 404. The molecular formula is C12H15NO4. The van der Waals surface area contributed by atoms with Crippen molar-refractivity contribution in [2.24, 2.45) is 5.41 Å². The van der Waals surface area contributed by atoms with Crippen LogP contribution in [-0.4, -0.2) is 23.5 Å². The number of amides is 1. The Morgan fingerprint density at radius 1 is 1.41 bits per heavy atom. The first-order valence-corrected chi connectivity index (χ1v) is 5.68. The maximum absolute atomic E-state index is 11.7. The number of carboxylic acid groups (broad SMARTS) is 1. The summed E-state index contributed by atoms with van der Waals surface area (Å²) < 4.78 is 4.80. The van der Waals surface area contributed by atoms with Crippen molar-refractivity contribution in [3.8, 4) is 0 Å². The van der Waals surface area contributed by atoms with E-state index in [0.29, 0.717) is 18.4 Å². The lowest BCUT2D eigenvalue weighted by atomic mass is 9.86. The molecule has 0 atom stereocenters. The molecule has 0 radical (unpaired) electrons. The zero-order valence-corrected chi connectivity index (χ0v) is 9.44. The van der Waals surface area contributed by atoms with E-state index < -0.39 is 11.4 Å². The molecule has 2 rings (SSSR count). The predicted octanol–water partition coefficient (Wildman–Crippen LogP) is 1.65. The van der Waals surface area contributed by atoms with Gasteiger partial charge in [0.1, 0.15) is 6.26 Å². The minimum atomic E-state index is -0.817. The molecule has 17 heavy (non-hydrogen) atoms. The maximum atomic E-state index is 11.7. The fourth-order valence-electron chi connectivity index (χ4n) is 2.26. The molecule has 1 aliphatic carbocycles. The van der Waals surface area contributed by atoms with Crippen molar-refractivity contribution in [3.63, 3.8) is 0 Å². The van der Waals surface area contributed by atoms with Gasteiger partial charge < -0.3 is 14.8 Å². The SMILES string of the molecule is O=C(NCC1(C(=O)O)CCCC1)c1ccoc1. The number of aliphatic carboxylic acids is 1. The fourth-order valence-corrected chi connectivity index (χ4v) is 2.26. The highest BCUT2D eigenvalue weighted by molar-refractivity contribution is 5.94. The molecule has 1 aromatic heterocycles. The lowest BCUT2D eigenvalue weighted by molar-refractivity contribution is -0.148. The van der Waals surface area contributed by atoms with E-state index in [0.717, 1.165) is 12.8 Å². The summed E-state index contributed by atoms with van der Waals surface area (Å²) in [4.78, 5) is 22.9. The number of hydrogen-bond acceptors (Lipinski definition) is 3. The molecule has 1 amide bonds. The van der Waals surface area contributed by atoms with E-state index in [1.165, 1.54) is 12.5 Å². The van der Waals surface area contributed by atoms with Gasteiger partial charge in [0.25, 0.3) is 5.91 Å². The van der Waals surface area contributed by atoms with Gasteiger partial charge in [-0.05, 0) is 18.9 Å². The van der Waals surface area contributed by atoms with Crippen molar-refractivity contribution in [1.29, 1.82) is 0 Å². The molecule has 1 heterocycles. The first kappa shape index (κ1) is 11.7. The molecule has 1 fully saturated rings. The van der Waals surface area contributed by atoms with Crippen LogP contribution >= 0.6 is 0 Å². The highest BCUT2D eigenvalue weighted by Crippen LogP contribution is 2.37. The number of carbonyl (C=O) groups is 2. The molecule has 1 aliphatic rings. The summed E-state index contributed by atoms with van der Waals surface area (Å²) in [5, 5.41) is 11.9. The minimum Gasteiger partial charge on any atom is -0.481 e. The van der Waals surface area contributed by atoms with Crippen molar-refractivity contribution in [1.82, 2.24) is 5.32 Å². The standard InChI is InChI=1S/C12H15NO4/c14-10(9-3-6-17-7-9)13-8-12(11(15)16)4-1-2-5-12/h3,6-7H,1-2,4-5,8H2,(H,13,14)(H,15,16). The Balaban J connectivity index is 1.97. The van der Waals surface area contributed by atoms with Crippen LogP contribution in [0.5, 0.6) is 0 Å². The molecular weight excluding hydrogens is 222 g/mol. The van der Waals surface area contributed by atoms with Crippen LogP contribution in [0.25, 0.3) is 0 Å². The minimum absolute atomic E-state index is 0.187. The van der Waals surface area contributed by atoms with E-state index in [1.807, 2.05) is 0 Å². The molecule has 1 saturated carbocycles. The third-order valence-corrected chi connectivity index (χ3v) is 3.39. The Morgan fingerprint density at radius 2 is 2.12 bits per heavy atom. The number of rotatable bonds is 4. The summed E-state index contributed by atoms with van der Waals surface area (Å²) in [5.41, 5.74) is -0.358. The lowest BCUT2D eigenvalue weighted by Gasteiger charge is -2.23. The predicted molar refractivity (Wildman–Crippen MR) is 59.6 cm³/mol. The summed E-state index contributed by atoms with van der Waals surface area (Å²) in [6.45, 7) is 0.187. The van der Waals surface area contributed by atoms with Crippen LogP contribution in [0, 0.1) is 5.41 Å². The van der Waals surface area contributed by atoms with E-state index in [2.05, 4.69) is 5.32 Å². The third-order valence-electron chi connectivity index (χ3n) is 3.39. The summed E-state index contributed by atoms with van der Waals surface area (Å²) in [6.07, 6.45) is 5.85. The molecule has 0 bridgehead atoms. The second-order valence-corrected chi connectivity index (χ2v) is 4.49. The zero-order chi connectivity index (χ0) is 12.3. The lowest BCUT2D eigenvalue weighted by Crippen LogP contribution is -2.41. The van der Waals surface area contributed by atoms with Crippen molar-refractivity contribution in [3.05, 3.63) is 24.2 Å². The summed E-state index contributed by atoms with van der Waals surface area (Å²) in [6, 6.07) is 1.55. The highest BCUT2D eigenvalue weighted by atomic mass is 16.4. The average Bonchev–Trinajstić information content (AvgIpc) is 2.97. The quantitative estimate of drug-likeness (QED) is 0.834. The van der Waals surface area contributed by atoms with Crippen molar-refractivity contribution in [2.45, 2.75) is 25.7 Å². The fraction of sp³-hybridized carbons (Fsp3) is 0.500. The van der Waals surface area contributed by atoms with E-state index in [4.69, 9.17) is 4.42 Å². The molecule has 92 valence electrons. The molecule has 0 spiro atoms. The first-order chi connectivity index (χ1) is 8.14. The second kappa shape index (κ2) is 4.61. The molecule has 0 saturated heterocycles. The maximum Gasteiger partial charge on any atom is 0.311 e. The van der Waals surface area contributed by atoms with Crippen LogP contribution in [0.3, 0.4) is 0 Å². The van der Waals surface area contributed by atoms with Gasteiger partial charge in [0.05, 0.1) is 17.2 Å². The summed E-state index contributed by atoms with van der Waals surface area (Å²) in [5.74, 6) is -1.10. The van der Waals surface area contributed by atoms with Crippen LogP contribution < -0.4 is 5.32 Å². The smallest absolute Gasteiger partial charge is 0.311 e. The zero-order valence-electron chi connectivity index (χ0n) is 9.44. The molecule has 0 aliphatic heterocycles. The molecule has 5 nitrogen and oxygen atoms in total. The Morgan fingerprint density at radius 3 is 2.65 bits per heavy atom. The van der Waals surface area contributed by atoms with Crippen LogP contribution in [0.4, 0.5) is 0 Å². The number of carbonyl (C=O) groups excluding carboxylic acids is 1. The van der Waals surface area contributed by atoms with E-state index in [-0.39, 0.29) is 12.5 Å². The summed E-state index contributed by atoms with van der Waals surface area (Å²) in [7, 11) is 0. The van der Waals surface area contributed by atoms with Gasteiger partial charge in [0.15, 0.2) is 0 Å². The van der Waals surface area contributed by atoms with Gasteiger partial charge >= 0.3 is 5.97 Å². The average molecular weight is 237 g/mol. The van der Waals surface area contributed by atoms with Crippen LogP contribution in [-0.2, 0) is 4.79 Å². The third kappa shape index (κ3) is 2.33.